The lowest BCUT2D eigenvalue weighted by molar-refractivity contribution is -0.123. The van der Waals surface area contributed by atoms with Crippen molar-refractivity contribution in [2.24, 2.45) is 5.92 Å². The van der Waals surface area contributed by atoms with E-state index >= 15 is 0 Å². The van der Waals surface area contributed by atoms with Gasteiger partial charge in [0, 0.05) is 18.0 Å². The Kier molecular flexibility index (Phi) is 4.95. The van der Waals surface area contributed by atoms with Crippen molar-refractivity contribution in [1.29, 1.82) is 5.26 Å². The number of carbonyl (C=O) groups excluding carboxylic acids is 1. The molecule has 2 unspecified atom stereocenters. The molecule has 0 aromatic heterocycles. The molecule has 3 atom stereocenters. The maximum Gasteiger partial charge on any atom is 0.408 e. The van der Waals surface area contributed by atoms with Crippen molar-refractivity contribution >= 4 is 12.0 Å². The molecule has 7 heteroatoms. The molecule has 1 rings (SSSR count). The van der Waals surface area contributed by atoms with E-state index in [4.69, 9.17) is 5.26 Å². The first-order chi connectivity index (χ1) is 9.18. The molecule has 1 aliphatic heterocycles. The molecule has 2 amide bonds. The minimum atomic E-state index is -1.46. The smallest absolute Gasteiger partial charge is 0.408 e. The highest BCUT2D eigenvalue weighted by Gasteiger charge is 2.40. The predicted molar refractivity (Wildman–Crippen MR) is 70.8 cm³/mol. The summed E-state index contributed by atoms with van der Waals surface area (Å²) in [7, 11) is 0. The van der Waals surface area contributed by atoms with Gasteiger partial charge in [0.1, 0.15) is 0 Å². The maximum absolute atomic E-state index is 11.6. The number of hydrogen-bond donors (Lipinski definition) is 3. The van der Waals surface area contributed by atoms with Gasteiger partial charge in [-0.3, -0.25) is 9.69 Å². The average molecular weight is 283 g/mol. The Hall–Kier alpha value is -1.81. The molecule has 0 radical (unpaired) electrons. The van der Waals surface area contributed by atoms with Crippen LogP contribution in [-0.4, -0.2) is 51.3 Å². The highest BCUT2D eigenvalue weighted by atomic mass is 16.4. The van der Waals surface area contributed by atoms with Crippen molar-refractivity contribution in [3.8, 4) is 6.07 Å². The van der Waals surface area contributed by atoms with Crippen molar-refractivity contribution in [2.75, 3.05) is 6.54 Å². The third-order valence-electron chi connectivity index (χ3n) is 3.45. The van der Waals surface area contributed by atoms with E-state index in [0.717, 1.165) is 4.90 Å². The largest absolute Gasteiger partial charge is 0.465 e. The van der Waals surface area contributed by atoms with Gasteiger partial charge in [-0.05, 0) is 33.6 Å². The molecule has 0 aromatic rings. The number of nitrogens with one attached hydrogen (secondary N) is 1. The van der Waals surface area contributed by atoms with Gasteiger partial charge >= 0.3 is 6.09 Å². The van der Waals surface area contributed by atoms with Crippen LogP contribution in [0.2, 0.25) is 0 Å². The Morgan fingerprint density at radius 2 is 2.20 bits per heavy atom. The van der Waals surface area contributed by atoms with E-state index in [0.29, 0.717) is 13.0 Å². The summed E-state index contributed by atoms with van der Waals surface area (Å²) in [6.45, 7) is 5.61. The highest BCUT2D eigenvalue weighted by molar-refractivity contribution is 5.80. The lowest BCUT2D eigenvalue weighted by Crippen LogP contribution is -2.56. The van der Waals surface area contributed by atoms with Gasteiger partial charge in [0.25, 0.3) is 0 Å². The van der Waals surface area contributed by atoms with Crippen molar-refractivity contribution in [3.05, 3.63) is 0 Å². The molecule has 1 saturated heterocycles. The average Bonchev–Trinajstić information content (AvgIpc) is 2.71. The molecule has 0 aromatic carbocycles. The van der Waals surface area contributed by atoms with Crippen LogP contribution in [0.15, 0.2) is 0 Å². The summed E-state index contributed by atoms with van der Waals surface area (Å²) >= 11 is 0. The summed E-state index contributed by atoms with van der Waals surface area (Å²) in [6.07, 6.45) is -1.94. The summed E-state index contributed by atoms with van der Waals surface area (Å²) < 4.78 is 0. The number of aliphatic hydroxyl groups excluding tert-OH is 1. The van der Waals surface area contributed by atoms with Gasteiger partial charge in [0.2, 0.25) is 5.91 Å². The zero-order valence-corrected chi connectivity index (χ0v) is 12.0. The Balaban J connectivity index is 3.01. The Bertz CT molecular complexity index is 424. The van der Waals surface area contributed by atoms with Gasteiger partial charge in [-0.1, -0.05) is 0 Å². The minimum Gasteiger partial charge on any atom is -0.465 e. The van der Waals surface area contributed by atoms with Gasteiger partial charge < -0.3 is 15.5 Å². The van der Waals surface area contributed by atoms with E-state index in [-0.39, 0.29) is 18.2 Å². The number of amides is 2. The van der Waals surface area contributed by atoms with E-state index in [1.807, 2.05) is 0 Å². The lowest BCUT2D eigenvalue weighted by Gasteiger charge is -2.40. The number of carbonyl (C=O) groups is 2. The lowest BCUT2D eigenvalue weighted by atomic mass is 9.91. The summed E-state index contributed by atoms with van der Waals surface area (Å²) in [5.41, 5.74) is -0.774. The topological polar surface area (TPSA) is 114 Å². The number of hydrogen-bond acceptors (Lipinski definition) is 4. The van der Waals surface area contributed by atoms with E-state index < -0.39 is 23.8 Å². The summed E-state index contributed by atoms with van der Waals surface area (Å²) in [6, 6.07) is 0.755. The molecule has 0 bridgehead atoms. The fourth-order valence-corrected chi connectivity index (χ4v) is 2.55. The molecule has 1 fully saturated rings. The van der Waals surface area contributed by atoms with Crippen LogP contribution in [0.25, 0.3) is 0 Å². The zero-order chi connectivity index (χ0) is 15.5. The first-order valence-corrected chi connectivity index (χ1v) is 6.56. The molecule has 0 saturated carbocycles. The van der Waals surface area contributed by atoms with Crippen LogP contribution < -0.4 is 5.32 Å². The Morgan fingerprint density at radius 3 is 2.55 bits per heavy atom. The molecular weight excluding hydrogens is 262 g/mol. The molecule has 1 heterocycles. The van der Waals surface area contributed by atoms with E-state index in [2.05, 4.69) is 5.32 Å². The third kappa shape index (κ3) is 3.61. The predicted octanol–water partition coefficient (Wildman–Crippen LogP) is 0.544. The number of nitrogens with zero attached hydrogens (tertiary/aromatic N) is 2. The quantitative estimate of drug-likeness (QED) is 0.652. The van der Waals surface area contributed by atoms with Crippen molar-refractivity contribution in [2.45, 2.75) is 51.3 Å². The molecular formula is C13H21N3O4. The molecule has 1 aliphatic rings. The number of nitriles is 1. The molecule has 20 heavy (non-hydrogen) atoms. The van der Waals surface area contributed by atoms with Gasteiger partial charge in [-0.2, -0.15) is 5.26 Å². The first kappa shape index (κ1) is 16.2. The monoisotopic (exact) mass is 283 g/mol. The van der Waals surface area contributed by atoms with Crippen molar-refractivity contribution in [3.63, 3.8) is 0 Å². The standard InChI is InChI=1S/C13H21N3O4/c1-13(2,3)16(12(19)20)9(10(17)7-14)6-8-4-5-15-11(8)18/h8-10,17H,4-6H2,1-3H3,(H,15,18)(H,19,20)/t8?,9-,10?/m0/s1. The number of aliphatic hydroxyl groups is 1. The molecule has 7 nitrogen and oxygen atoms in total. The van der Waals surface area contributed by atoms with Crippen LogP contribution in [-0.2, 0) is 4.79 Å². The number of carboxylic acid groups (broad SMARTS) is 1. The van der Waals surface area contributed by atoms with Crippen LogP contribution in [0.4, 0.5) is 4.79 Å². The maximum atomic E-state index is 11.6. The highest BCUT2D eigenvalue weighted by Crippen LogP contribution is 2.26. The van der Waals surface area contributed by atoms with Gasteiger partial charge in [-0.15, -0.1) is 0 Å². The summed E-state index contributed by atoms with van der Waals surface area (Å²) in [5.74, 6) is -0.522. The van der Waals surface area contributed by atoms with E-state index in [1.165, 1.54) is 0 Å². The Labute approximate surface area is 118 Å². The first-order valence-electron chi connectivity index (χ1n) is 6.56. The van der Waals surface area contributed by atoms with Crippen LogP contribution in [0.1, 0.15) is 33.6 Å². The van der Waals surface area contributed by atoms with E-state index in [1.54, 1.807) is 26.8 Å². The van der Waals surface area contributed by atoms with Crippen molar-refractivity contribution in [1.82, 2.24) is 10.2 Å². The second kappa shape index (κ2) is 6.09. The third-order valence-corrected chi connectivity index (χ3v) is 3.45. The van der Waals surface area contributed by atoms with Crippen LogP contribution >= 0.6 is 0 Å². The SMILES string of the molecule is CC(C)(C)N(C(=O)O)[C@@H](CC1CCNC1=O)C(O)C#N. The summed E-state index contributed by atoms with van der Waals surface area (Å²) in [4.78, 5) is 24.2. The fourth-order valence-electron chi connectivity index (χ4n) is 2.55. The van der Waals surface area contributed by atoms with Crippen molar-refractivity contribution < 1.29 is 19.8 Å². The van der Waals surface area contributed by atoms with Crippen LogP contribution in [0, 0.1) is 17.2 Å². The second-order valence-corrected chi connectivity index (χ2v) is 5.98. The molecule has 112 valence electrons. The van der Waals surface area contributed by atoms with E-state index in [9.17, 15) is 19.8 Å². The summed E-state index contributed by atoms with van der Waals surface area (Å²) in [5, 5.41) is 30.8. The minimum absolute atomic E-state index is 0.143. The van der Waals surface area contributed by atoms with Crippen LogP contribution in [0.3, 0.4) is 0 Å². The fraction of sp³-hybridized carbons (Fsp3) is 0.769. The number of rotatable bonds is 4. The molecule has 0 spiro atoms. The molecule has 0 aliphatic carbocycles. The van der Waals surface area contributed by atoms with Gasteiger partial charge in [0.15, 0.2) is 6.10 Å². The normalized spacial score (nSPS) is 21.8. The second-order valence-electron chi connectivity index (χ2n) is 5.98. The van der Waals surface area contributed by atoms with Gasteiger partial charge in [0.05, 0.1) is 12.1 Å². The zero-order valence-electron chi connectivity index (χ0n) is 12.0. The van der Waals surface area contributed by atoms with Crippen LogP contribution in [0.5, 0.6) is 0 Å². The molecule has 3 N–H and O–H groups in total. The Morgan fingerprint density at radius 1 is 1.60 bits per heavy atom. The van der Waals surface area contributed by atoms with Gasteiger partial charge in [-0.25, -0.2) is 4.79 Å².